The Hall–Kier alpha value is -6.11. The molecule has 92 heavy (non-hydrogen) atoms. The molecule has 0 fully saturated rings. The van der Waals surface area contributed by atoms with Gasteiger partial charge in [-0.3, -0.25) is 0 Å². The van der Waals surface area contributed by atoms with Gasteiger partial charge in [-0.15, -0.1) is 0 Å². The molecule has 8 aromatic carbocycles. The third-order valence-corrected chi connectivity index (χ3v) is 33.3. The van der Waals surface area contributed by atoms with E-state index in [1.165, 1.54) is 67.6 Å². The number of anilines is 4. The third-order valence-electron chi connectivity index (χ3n) is 17.8. The maximum atomic E-state index is 6.48. The number of aryl methyl sites for hydroxylation is 4. The van der Waals surface area contributed by atoms with Crippen LogP contribution in [0.5, 0.6) is 23.0 Å². The van der Waals surface area contributed by atoms with Crippen LogP contribution in [-0.2, 0) is 25.7 Å². The molecule has 8 nitrogen and oxygen atoms in total. The van der Waals surface area contributed by atoms with Gasteiger partial charge in [-0.1, -0.05) is 198 Å². The maximum Gasteiger partial charge on any atom is 0.120 e. The summed E-state index contributed by atoms with van der Waals surface area (Å²) in [5, 5.41) is 5.85. The highest BCUT2D eigenvalue weighted by atomic mass is 31.1. The second kappa shape index (κ2) is 33.3. The Bertz CT molecular complexity index is 3080. The number of ether oxygens (including phenoxy) is 4. The number of hydrogen-bond donors (Lipinski definition) is 0. The molecule has 0 aromatic heterocycles. The van der Waals surface area contributed by atoms with Crippen molar-refractivity contribution in [2.75, 3.05) is 113 Å². The first-order valence-corrected chi connectivity index (χ1v) is 50.0. The molecule has 0 radical (unpaired) electrons. The zero-order valence-corrected chi connectivity index (χ0v) is 64.5. The molecule has 490 valence electrons. The predicted octanol–water partition coefficient (Wildman–Crippen LogP) is 17.0. The van der Waals surface area contributed by atoms with Crippen LogP contribution in [0.2, 0.25) is 76.6 Å². The van der Waals surface area contributed by atoms with E-state index in [2.05, 4.69) is 322 Å². The van der Waals surface area contributed by atoms with Crippen LogP contribution in [-0.4, -0.2) is 126 Å². The van der Waals surface area contributed by atoms with E-state index in [1.807, 2.05) is 0 Å². The fourth-order valence-electron chi connectivity index (χ4n) is 11.1. The molecular weight excluding hydrogens is 1230 g/mol. The van der Waals surface area contributed by atoms with Gasteiger partial charge < -0.3 is 38.5 Å². The van der Waals surface area contributed by atoms with Gasteiger partial charge in [0.1, 0.15) is 23.0 Å². The van der Waals surface area contributed by atoms with Crippen LogP contribution in [0.4, 0.5) is 22.7 Å². The van der Waals surface area contributed by atoms with Gasteiger partial charge in [0, 0.05) is 103 Å². The van der Waals surface area contributed by atoms with E-state index in [1.54, 1.807) is 0 Å². The molecule has 0 aliphatic carbocycles. The molecule has 0 atom stereocenters. The van der Waals surface area contributed by atoms with Crippen LogP contribution >= 0.6 is 15.8 Å². The van der Waals surface area contributed by atoms with Crippen LogP contribution < -0.4 is 59.8 Å². The first kappa shape index (κ1) is 71.7. The van der Waals surface area contributed by atoms with E-state index in [9.17, 15) is 0 Å². The number of nitrogens with zero attached hydrogens (tertiary/aromatic N) is 4. The lowest BCUT2D eigenvalue weighted by atomic mass is 10.2. The normalized spacial score (nSPS) is 12.1. The Labute approximate surface area is 562 Å². The van der Waals surface area contributed by atoms with Gasteiger partial charge in [0.05, 0.1) is 57.2 Å². The van der Waals surface area contributed by atoms with Gasteiger partial charge in [-0.2, -0.15) is 0 Å². The third kappa shape index (κ3) is 22.8. The fourth-order valence-corrected chi connectivity index (χ4v) is 23.1. The van der Waals surface area contributed by atoms with Gasteiger partial charge in [0.25, 0.3) is 0 Å². The number of hydrogen-bond acceptors (Lipinski definition) is 8. The lowest BCUT2D eigenvalue weighted by Gasteiger charge is -2.26. The first-order chi connectivity index (χ1) is 43.8. The van der Waals surface area contributed by atoms with Crippen LogP contribution in [0.3, 0.4) is 0 Å². The van der Waals surface area contributed by atoms with E-state index in [-0.39, 0.29) is 0 Å². The van der Waals surface area contributed by atoms with Crippen molar-refractivity contribution < 1.29 is 18.9 Å². The SMILES string of the molecule is CN(C)c1cccc(OC[Si](C)(C)CCc2ccc(P(CCP(c3ccc(CC[Si](C)(C)COc4cccc(N(C)C)c4)cc3)c3ccc(CC[Si](C)(C)COc4cccc(N(C)C)c4)cc3)c3ccc(CC[Si](C)(C)COc4cccc(N(C)C)c4)cc3)cc2)c1. The largest absolute Gasteiger partial charge is 0.497 e. The summed E-state index contributed by atoms with van der Waals surface area (Å²) in [6.07, 6.45) is 9.71. The molecule has 0 unspecified atom stereocenters. The summed E-state index contributed by atoms with van der Waals surface area (Å²) in [4.78, 5) is 8.54. The maximum absolute atomic E-state index is 6.48. The first-order valence-electron chi connectivity index (χ1n) is 33.3. The van der Waals surface area contributed by atoms with E-state index < -0.39 is 48.1 Å². The fraction of sp³-hybridized carbons (Fsp3) is 0.385. The summed E-state index contributed by atoms with van der Waals surface area (Å²) >= 11 is 0. The highest BCUT2D eigenvalue weighted by Crippen LogP contribution is 2.42. The van der Waals surface area contributed by atoms with E-state index in [0.29, 0.717) is 0 Å². The summed E-state index contributed by atoms with van der Waals surface area (Å²) < 4.78 is 25.9. The topological polar surface area (TPSA) is 49.9 Å². The molecule has 0 bridgehead atoms. The minimum Gasteiger partial charge on any atom is -0.497 e. The van der Waals surface area contributed by atoms with Crippen molar-refractivity contribution in [1.82, 2.24) is 0 Å². The molecule has 0 amide bonds. The molecule has 0 N–H and O–H groups in total. The van der Waals surface area contributed by atoms with Gasteiger partial charge in [0.15, 0.2) is 0 Å². The average Bonchev–Trinajstić information content (AvgIpc) is 1.12. The summed E-state index contributed by atoms with van der Waals surface area (Å²) in [5.41, 5.74) is 10.3. The van der Waals surface area contributed by atoms with Crippen molar-refractivity contribution in [3.63, 3.8) is 0 Å². The molecule has 0 saturated carbocycles. The Kier molecular flexibility index (Phi) is 26.0. The standard InChI is InChI=1S/C78H108N4O4P2Si4/c1-79(2)67-21-17-25-71(55-67)83-59-89(9,10)51-45-63-29-37-75(38-30-63)87(76-39-31-64(32-40-76)46-52-90(11,12)60-84-72-26-18-22-68(56-72)80(3)4)49-50-88(77-41-33-65(34-42-77)47-53-91(13,14)61-85-73-27-19-23-69(57-73)81(5)6)78-43-35-66(36-44-78)48-54-92(15,16)62-86-74-28-20-24-70(58-74)82(7)8/h17-44,55-58H,45-54,59-62H2,1-16H3. The van der Waals surface area contributed by atoms with E-state index >= 15 is 0 Å². The predicted molar refractivity (Wildman–Crippen MR) is 417 cm³/mol. The zero-order chi connectivity index (χ0) is 66.1. The van der Waals surface area contributed by atoms with E-state index in [0.717, 1.165) is 109 Å². The van der Waals surface area contributed by atoms with Crippen LogP contribution in [0.15, 0.2) is 194 Å². The Morgan fingerprint density at radius 3 is 0.652 bits per heavy atom. The smallest absolute Gasteiger partial charge is 0.120 e. The van der Waals surface area contributed by atoms with Gasteiger partial charge in [-0.25, -0.2) is 0 Å². The van der Waals surface area contributed by atoms with Gasteiger partial charge >= 0.3 is 0 Å². The minimum absolute atomic E-state index is 0.665. The molecule has 14 heteroatoms. The van der Waals surface area contributed by atoms with Crippen molar-refractivity contribution in [2.45, 2.75) is 102 Å². The molecule has 0 aliphatic rings. The van der Waals surface area contributed by atoms with Crippen molar-refractivity contribution in [3.8, 4) is 23.0 Å². The lowest BCUT2D eigenvalue weighted by molar-refractivity contribution is 0.376. The monoisotopic (exact) mass is 1340 g/mol. The molecule has 0 heterocycles. The lowest BCUT2D eigenvalue weighted by Crippen LogP contribution is -2.35. The summed E-state index contributed by atoms with van der Waals surface area (Å²) in [5.74, 6) is 3.84. The van der Waals surface area contributed by atoms with Gasteiger partial charge in [0.2, 0.25) is 0 Å². The molecule has 8 aromatic rings. The summed E-state index contributed by atoms with van der Waals surface area (Å²) in [6, 6.07) is 78.0. The van der Waals surface area contributed by atoms with Crippen LogP contribution in [0.1, 0.15) is 22.3 Å². The molecule has 8 rings (SSSR count). The number of rotatable bonds is 35. The van der Waals surface area contributed by atoms with Gasteiger partial charge in [-0.05, 0) is 146 Å². The van der Waals surface area contributed by atoms with Crippen molar-refractivity contribution in [1.29, 1.82) is 0 Å². The van der Waals surface area contributed by atoms with E-state index in [4.69, 9.17) is 18.9 Å². The quantitative estimate of drug-likeness (QED) is 0.0288. The highest BCUT2D eigenvalue weighted by Gasteiger charge is 2.27. The Morgan fingerprint density at radius 1 is 0.272 bits per heavy atom. The van der Waals surface area contributed by atoms with Crippen LogP contribution in [0, 0.1) is 0 Å². The summed E-state index contributed by atoms with van der Waals surface area (Å²) in [6.45, 7) is 19.8. The Balaban J connectivity index is 1.01. The molecule has 0 aliphatic heterocycles. The Morgan fingerprint density at radius 2 is 0.467 bits per heavy atom. The van der Waals surface area contributed by atoms with Crippen molar-refractivity contribution >= 4 is 92.1 Å². The summed E-state index contributed by atoms with van der Waals surface area (Å²) in [7, 11) is 8.68. The zero-order valence-electron chi connectivity index (χ0n) is 58.7. The molecule has 0 spiro atoms. The number of benzene rings is 8. The minimum atomic E-state index is -1.66. The molecule has 0 saturated heterocycles. The molecular formula is C78H108N4O4P2Si4. The second-order valence-electron chi connectivity index (χ2n) is 29.3. The highest BCUT2D eigenvalue weighted by molar-refractivity contribution is 7.76. The van der Waals surface area contributed by atoms with Crippen molar-refractivity contribution in [3.05, 3.63) is 216 Å². The van der Waals surface area contributed by atoms with Crippen molar-refractivity contribution in [2.24, 2.45) is 0 Å². The second-order valence-corrected chi connectivity index (χ2v) is 54.5. The average molecular weight is 1340 g/mol. The van der Waals surface area contributed by atoms with Crippen LogP contribution in [0.25, 0.3) is 0 Å².